The molecule has 1 aliphatic carbocycles. The Balaban J connectivity index is 2.60. The molecule has 0 saturated heterocycles. The molecule has 0 aromatic heterocycles. The third-order valence-corrected chi connectivity index (χ3v) is 5.89. The van der Waals surface area contributed by atoms with Gasteiger partial charge in [0.05, 0.1) is 23.7 Å². The first-order valence-corrected chi connectivity index (χ1v) is 11.4. The molecular formula is C25H37NO6. The summed E-state index contributed by atoms with van der Waals surface area (Å²) in [6.45, 7) is 14.1. The van der Waals surface area contributed by atoms with Crippen LogP contribution >= 0.6 is 0 Å². The van der Waals surface area contributed by atoms with Crippen molar-refractivity contribution < 1.29 is 29.0 Å². The number of esters is 2. The topological polar surface area (TPSA) is 93.1 Å². The number of ketones is 1. The lowest BCUT2D eigenvalue weighted by atomic mass is 9.61. The van der Waals surface area contributed by atoms with Crippen molar-refractivity contribution in [3.8, 4) is 0 Å². The van der Waals surface area contributed by atoms with Crippen molar-refractivity contribution in [3.05, 3.63) is 29.8 Å². The summed E-state index contributed by atoms with van der Waals surface area (Å²) in [5.74, 6) is -4.92. The highest BCUT2D eigenvalue weighted by Gasteiger charge is 2.57. The standard InChI is InChI=1S/C25H37NO6/c1-8-26(9-2)18-12-10-17(11-13-18)20-21(23(28)31-15(3)4)19(27)14-25(7,30)22(20)24(29)32-16(5)6/h10-13,15-16,20-22,30H,8-9,14H2,1-7H3/t20-,21-,22+,25+/m1/s1. The van der Waals surface area contributed by atoms with Gasteiger partial charge >= 0.3 is 11.9 Å². The number of Topliss-reactive ketones (excluding diaryl/α,β-unsaturated/α-hetero) is 1. The van der Waals surface area contributed by atoms with E-state index in [0.717, 1.165) is 18.8 Å². The predicted octanol–water partition coefficient (Wildman–Crippen LogP) is 3.48. The van der Waals surface area contributed by atoms with Crippen LogP contribution in [0.4, 0.5) is 5.69 Å². The Bertz CT molecular complexity index is 802. The highest BCUT2D eigenvalue weighted by molar-refractivity contribution is 6.02. The fraction of sp³-hybridized carbons (Fsp3) is 0.640. The SMILES string of the molecule is CCN(CC)c1ccc([C@@H]2[C@H](C(=O)OC(C)C)C(=O)C[C@](C)(O)[C@@H]2C(=O)OC(C)C)cc1. The minimum absolute atomic E-state index is 0.323. The molecule has 0 aliphatic heterocycles. The van der Waals surface area contributed by atoms with Gasteiger partial charge in [-0.1, -0.05) is 12.1 Å². The normalized spacial score (nSPS) is 25.7. The molecule has 178 valence electrons. The number of rotatable bonds is 8. The molecule has 0 amide bonds. The van der Waals surface area contributed by atoms with Crippen molar-refractivity contribution in [1.29, 1.82) is 0 Å². The molecule has 0 radical (unpaired) electrons. The number of benzene rings is 1. The van der Waals surface area contributed by atoms with E-state index in [1.165, 1.54) is 6.92 Å². The number of aliphatic hydroxyl groups is 1. The summed E-state index contributed by atoms with van der Waals surface area (Å²) in [4.78, 5) is 41.3. The van der Waals surface area contributed by atoms with Crippen LogP contribution in [-0.4, -0.2) is 53.7 Å². The number of nitrogens with zero attached hydrogens (tertiary/aromatic N) is 1. The van der Waals surface area contributed by atoms with Gasteiger partial charge in [0.15, 0.2) is 5.78 Å². The quantitative estimate of drug-likeness (QED) is 0.482. The highest BCUT2D eigenvalue weighted by atomic mass is 16.5. The lowest BCUT2D eigenvalue weighted by Gasteiger charge is -2.44. The molecule has 7 nitrogen and oxygen atoms in total. The predicted molar refractivity (Wildman–Crippen MR) is 122 cm³/mol. The summed E-state index contributed by atoms with van der Waals surface area (Å²) in [6.07, 6.45) is -1.14. The Morgan fingerprint density at radius 3 is 2.00 bits per heavy atom. The minimum Gasteiger partial charge on any atom is -0.463 e. The van der Waals surface area contributed by atoms with Crippen LogP contribution in [0.2, 0.25) is 0 Å². The smallest absolute Gasteiger partial charge is 0.317 e. The second-order valence-corrected chi connectivity index (χ2v) is 9.22. The van der Waals surface area contributed by atoms with Crippen LogP contribution in [0.1, 0.15) is 66.4 Å². The summed E-state index contributed by atoms with van der Waals surface area (Å²) in [5, 5.41) is 11.1. The van der Waals surface area contributed by atoms with Gasteiger partial charge in [-0.3, -0.25) is 14.4 Å². The Kier molecular flexibility index (Phi) is 8.46. The summed E-state index contributed by atoms with van der Waals surface area (Å²) >= 11 is 0. The van der Waals surface area contributed by atoms with E-state index >= 15 is 0 Å². The van der Waals surface area contributed by atoms with Crippen LogP contribution in [0.3, 0.4) is 0 Å². The minimum atomic E-state index is -1.65. The first-order valence-electron chi connectivity index (χ1n) is 11.4. The van der Waals surface area contributed by atoms with Crippen molar-refractivity contribution in [1.82, 2.24) is 0 Å². The first-order chi connectivity index (χ1) is 14.9. The second kappa shape index (κ2) is 10.5. The largest absolute Gasteiger partial charge is 0.463 e. The molecule has 32 heavy (non-hydrogen) atoms. The third-order valence-electron chi connectivity index (χ3n) is 5.89. The molecule has 7 heteroatoms. The van der Waals surface area contributed by atoms with Gasteiger partial charge in [-0.05, 0) is 66.2 Å². The highest BCUT2D eigenvalue weighted by Crippen LogP contribution is 2.47. The van der Waals surface area contributed by atoms with E-state index in [-0.39, 0.29) is 6.42 Å². The summed E-state index contributed by atoms with van der Waals surface area (Å²) in [5.41, 5.74) is -0.0410. The van der Waals surface area contributed by atoms with Gasteiger partial charge in [-0.25, -0.2) is 0 Å². The molecule has 0 bridgehead atoms. The zero-order chi connectivity index (χ0) is 24.2. The molecular weight excluding hydrogens is 410 g/mol. The molecule has 1 N–H and O–H groups in total. The Morgan fingerprint density at radius 1 is 1.03 bits per heavy atom. The number of carbonyl (C=O) groups excluding carboxylic acids is 3. The summed E-state index contributed by atoms with van der Waals surface area (Å²) in [7, 11) is 0. The molecule has 1 aromatic rings. The van der Waals surface area contributed by atoms with Crippen LogP contribution in [-0.2, 0) is 23.9 Å². The Hall–Kier alpha value is -2.41. The lowest BCUT2D eigenvalue weighted by molar-refractivity contribution is -0.176. The fourth-order valence-electron chi connectivity index (χ4n) is 4.52. The molecule has 1 aromatic carbocycles. The average molecular weight is 448 g/mol. The van der Waals surface area contributed by atoms with Crippen molar-refractivity contribution in [2.24, 2.45) is 11.8 Å². The summed E-state index contributed by atoms with van der Waals surface area (Å²) < 4.78 is 10.8. The van der Waals surface area contributed by atoms with E-state index in [1.807, 2.05) is 24.3 Å². The number of ether oxygens (including phenoxy) is 2. The second-order valence-electron chi connectivity index (χ2n) is 9.22. The zero-order valence-electron chi connectivity index (χ0n) is 20.3. The first kappa shape index (κ1) is 25.8. The van der Waals surface area contributed by atoms with Crippen molar-refractivity contribution in [2.45, 2.75) is 78.6 Å². The molecule has 1 aliphatic rings. The fourth-order valence-corrected chi connectivity index (χ4v) is 4.52. The van der Waals surface area contributed by atoms with Crippen molar-refractivity contribution in [3.63, 3.8) is 0 Å². The Morgan fingerprint density at radius 2 is 1.53 bits per heavy atom. The molecule has 4 atom stereocenters. The number of carbonyl (C=O) groups is 3. The number of hydrogen-bond acceptors (Lipinski definition) is 7. The van der Waals surface area contributed by atoms with Gasteiger partial charge in [-0.15, -0.1) is 0 Å². The van der Waals surface area contributed by atoms with Gasteiger partial charge in [0.2, 0.25) is 0 Å². The van der Waals surface area contributed by atoms with Crippen molar-refractivity contribution in [2.75, 3.05) is 18.0 Å². The maximum Gasteiger partial charge on any atom is 0.317 e. The number of hydrogen-bond donors (Lipinski definition) is 1. The van der Waals surface area contributed by atoms with E-state index in [4.69, 9.17) is 9.47 Å². The zero-order valence-corrected chi connectivity index (χ0v) is 20.3. The molecule has 0 unspecified atom stereocenters. The van der Waals surface area contributed by atoms with Crippen LogP contribution < -0.4 is 4.90 Å². The third kappa shape index (κ3) is 5.68. The van der Waals surface area contributed by atoms with E-state index < -0.39 is 53.3 Å². The van der Waals surface area contributed by atoms with Crippen LogP contribution in [0.15, 0.2) is 24.3 Å². The molecule has 0 spiro atoms. The van der Waals surface area contributed by atoms with Crippen LogP contribution in [0.25, 0.3) is 0 Å². The molecule has 2 rings (SSSR count). The average Bonchev–Trinajstić information content (AvgIpc) is 2.66. The van der Waals surface area contributed by atoms with Gasteiger partial charge < -0.3 is 19.5 Å². The van der Waals surface area contributed by atoms with Crippen molar-refractivity contribution >= 4 is 23.4 Å². The van der Waals surface area contributed by atoms with Gasteiger partial charge in [0, 0.05) is 31.1 Å². The summed E-state index contributed by atoms with van der Waals surface area (Å²) in [6, 6.07) is 7.45. The van der Waals surface area contributed by atoms with E-state index in [9.17, 15) is 19.5 Å². The maximum atomic E-state index is 13.1. The van der Waals surface area contributed by atoms with E-state index in [1.54, 1.807) is 27.7 Å². The number of anilines is 1. The van der Waals surface area contributed by atoms with Gasteiger partial charge in [0.1, 0.15) is 5.92 Å². The van der Waals surface area contributed by atoms with Gasteiger partial charge in [-0.2, -0.15) is 0 Å². The van der Waals surface area contributed by atoms with Gasteiger partial charge in [0.25, 0.3) is 0 Å². The molecule has 1 saturated carbocycles. The Labute approximate surface area is 191 Å². The maximum absolute atomic E-state index is 13.1. The molecule has 0 heterocycles. The van der Waals surface area contributed by atoms with Crippen LogP contribution in [0, 0.1) is 11.8 Å². The van der Waals surface area contributed by atoms with Crippen LogP contribution in [0.5, 0.6) is 0 Å². The molecule has 1 fully saturated rings. The lowest BCUT2D eigenvalue weighted by Crippen LogP contribution is -2.55. The van der Waals surface area contributed by atoms with E-state index in [0.29, 0.717) is 5.56 Å². The monoisotopic (exact) mass is 447 g/mol. The van der Waals surface area contributed by atoms with E-state index in [2.05, 4.69) is 18.7 Å².